The molecule has 124 valence electrons. The molecule has 0 aliphatic rings. The number of carbonyl (C=O) groups is 1. The number of hydrogen-bond acceptors (Lipinski definition) is 4. The van der Waals surface area contributed by atoms with Crippen LogP contribution in [0.1, 0.15) is 6.92 Å². The molecule has 5 heteroatoms. The molecule has 0 spiro atoms. The van der Waals surface area contributed by atoms with Gasteiger partial charge in [-0.1, -0.05) is 42.5 Å². The number of benzene rings is 3. The lowest BCUT2D eigenvalue weighted by Crippen LogP contribution is -2.13. The predicted molar refractivity (Wildman–Crippen MR) is 97.6 cm³/mol. The van der Waals surface area contributed by atoms with Gasteiger partial charge in [0.05, 0.1) is 17.9 Å². The highest BCUT2D eigenvalue weighted by molar-refractivity contribution is 6.03. The number of para-hydroxylation sites is 1. The summed E-state index contributed by atoms with van der Waals surface area (Å²) in [6.07, 6.45) is -0.503. The van der Waals surface area contributed by atoms with Gasteiger partial charge in [0.1, 0.15) is 5.52 Å². The number of amides is 1. The number of fused-ring (bicyclic) bond motifs is 3. The van der Waals surface area contributed by atoms with Gasteiger partial charge in [0.2, 0.25) is 5.89 Å². The topological polar surface area (TPSA) is 64.4 Å². The van der Waals surface area contributed by atoms with Crippen LogP contribution in [0, 0.1) is 0 Å². The zero-order valence-corrected chi connectivity index (χ0v) is 13.7. The highest BCUT2D eigenvalue weighted by atomic mass is 16.5. The van der Waals surface area contributed by atoms with Crippen LogP contribution in [0.5, 0.6) is 0 Å². The first-order valence-electron chi connectivity index (χ1n) is 8.07. The van der Waals surface area contributed by atoms with Crippen LogP contribution >= 0.6 is 0 Å². The molecule has 4 aromatic rings. The molecule has 0 saturated heterocycles. The second kappa shape index (κ2) is 6.28. The Labute approximate surface area is 144 Å². The Balaban J connectivity index is 1.82. The molecule has 5 nitrogen and oxygen atoms in total. The van der Waals surface area contributed by atoms with Gasteiger partial charge in [-0.2, -0.15) is 0 Å². The Hall–Kier alpha value is -3.34. The number of nitrogens with zero attached hydrogens (tertiary/aromatic N) is 1. The third-order valence-electron chi connectivity index (χ3n) is 3.95. The second-order valence-electron chi connectivity index (χ2n) is 5.55. The van der Waals surface area contributed by atoms with E-state index in [0.717, 1.165) is 21.9 Å². The minimum atomic E-state index is -0.503. The van der Waals surface area contributed by atoms with Crippen molar-refractivity contribution in [1.82, 2.24) is 4.98 Å². The summed E-state index contributed by atoms with van der Waals surface area (Å²) in [5, 5.41) is 4.83. The number of ether oxygens (including phenoxy) is 1. The first-order valence-corrected chi connectivity index (χ1v) is 8.07. The van der Waals surface area contributed by atoms with Crippen molar-refractivity contribution in [1.29, 1.82) is 0 Å². The first-order chi connectivity index (χ1) is 12.3. The molecule has 1 amide bonds. The molecule has 1 N–H and O–H groups in total. The van der Waals surface area contributed by atoms with E-state index < -0.39 is 6.09 Å². The van der Waals surface area contributed by atoms with Crippen LogP contribution < -0.4 is 5.32 Å². The van der Waals surface area contributed by atoms with Gasteiger partial charge in [-0.15, -0.1) is 0 Å². The average Bonchev–Trinajstić information content (AvgIpc) is 3.07. The molecule has 0 bridgehead atoms. The molecule has 0 saturated carbocycles. The maximum absolute atomic E-state index is 11.8. The molecule has 0 fully saturated rings. The third kappa shape index (κ3) is 2.80. The lowest BCUT2D eigenvalue weighted by Gasteiger charge is -2.08. The van der Waals surface area contributed by atoms with E-state index in [2.05, 4.69) is 10.3 Å². The van der Waals surface area contributed by atoms with Gasteiger partial charge in [-0.3, -0.25) is 5.32 Å². The fourth-order valence-corrected chi connectivity index (χ4v) is 2.83. The standard InChI is InChI=1S/C20H16N2O3/c1-2-24-20(23)22-16-10-6-5-9-15(16)19-21-17-12-11-13-7-3-4-8-14(13)18(17)25-19/h3-12H,2H2,1H3,(H,22,23). The molecule has 4 rings (SSSR count). The van der Waals surface area contributed by atoms with Gasteiger partial charge in [0.15, 0.2) is 5.58 Å². The molecule has 3 aromatic carbocycles. The first kappa shape index (κ1) is 15.2. The van der Waals surface area contributed by atoms with E-state index in [1.54, 1.807) is 13.0 Å². The van der Waals surface area contributed by atoms with Crippen molar-refractivity contribution in [2.75, 3.05) is 11.9 Å². The van der Waals surface area contributed by atoms with E-state index in [-0.39, 0.29) is 0 Å². The summed E-state index contributed by atoms with van der Waals surface area (Å²) in [6, 6.07) is 19.3. The SMILES string of the molecule is CCOC(=O)Nc1ccccc1-c1nc2ccc3ccccc3c2o1. The maximum atomic E-state index is 11.8. The van der Waals surface area contributed by atoms with Crippen molar-refractivity contribution in [3.8, 4) is 11.5 Å². The zero-order valence-electron chi connectivity index (χ0n) is 13.7. The molecular formula is C20H16N2O3. The lowest BCUT2D eigenvalue weighted by molar-refractivity contribution is 0.168. The number of oxazole rings is 1. The van der Waals surface area contributed by atoms with Gasteiger partial charge in [-0.25, -0.2) is 9.78 Å². The van der Waals surface area contributed by atoms with Crippen molar-refractivity contribution in [2.45, 2.75) is 6.92 Å². The highest BCUT2D eigenvalue weighted by Crippen LogP contribution is 2.33. The minimum Gasteiger partial charge on any atom is -0.450 e. The number of nitrogens with one attached hydrogen (secondary N) is 1. The van der Waals surface area contributed by atoms with Gasteiger partial charge in [-0.05, 0) is 30.5 Å². The number of hydrogen-bond donors (Lipinski definition) is 1. The summed E-state index contributed by atoms with van der Waals surface area (Å²) in [6.45, 7) is 2.07. The van der Waals surface area contributed by atoms with Crippen molar-refractivity contribution in [3.05, 3.63) is 60.7 Å². The molecular weight excluding hydrogens is 316 g/mol. The second-order valence-corrected chi connectivity index (χ2v) is 5.55. The maximum Gasteiger partial charge on any atom is 0.411 e. The van der Waals surface area contributed by atoms with E-state index >= 15 is 0 Å². The van der Waals surface area contributed by atoms with Gasteiger partial charge < -0.3 is 9.15 Å². The van der Waals surface area contributed by atoms with E-state index in [0.29, 0.717) is 23.7 Å². The third-order valence-corrected chi connectivity index (χ3v) is 3.95. The molecule has 0 aliphatic heterocycles. The Bertz CT molecular complexity index is 1070. The van der Waals surface area contributed by atoms with E-state index in [1.165, 1.54) is 0 Å². The van der Waals surface area contributed by atoms with Gasteiger partial charge in [0, 0.05) is 5.39 Å². The van der Waals surface area contributed by atoms with E-state index in [4.69, 9.17) is 9.15 Å². The van der Waals surface area contributed by atoms with Crippen molar-refractivity contribution in [3.63, 3.8) is 0 Å². The molecule has 0 radical (unpaired) electrons. The molecule has 1 heterocycles. The molecule has 25 heavy (non-hydrogen) atoms. The highest BCUT2D eigenvalue weighted by Gasteiger charge is 2.15. The summed E-state index contributed by atoms with van der Waals surface area (Å²) >= 11 is 0. The summed E-state index contributed by atoms with van der Waals surface area (Å²) in [5.41, 5.74) is 2.81. The largest absolute Gasteiger partial charge is 0.450 e. The quantitative estimate of drug-likeness (QED) is 0.559. The Morgan fingerprint density at radius 2 is 1.88 bits per heavy atom. The average molecular weight is 332 g/mol. The summed E-state index contributed by atoms with van der Waals surface area (Å²) in [7, 11) is 0. The minimum absolute atomic E-state index is 0.308. The fraction of sp³-hybridized carbons (Fsp3) is 0.100. The lowest BCUT2D eigenvalue weighted by atomic mass is 10.1. The van der Waals surface area contributed by atoms with Crippen LogP contribution in [0.4, 0.5) is 10.5 Å². The number of carbonyl (C=O) groups excluding carboxylic acids is 1. The fourth-order valence-electron chi connectivity index (χ4n) is 2.83. The van der Waals surface area contributed by atoms with E-state index in [9.17, 15) is 4.79 Å². The normalized spacial score (nSPS) is 10.9. The molecule has 1 aromatic heterocycles. The number of anilines is 1. The number of aromatic nitrogens is 1. The van der Waals surface area contributed by atoms with E-state index in [1.807, 2.05) is 54.6 Å². The van der Waals surface area contributed by atoms with Crippen molar-refractivity contribution in [2.24, 2.45) is 0 Å². The Morgan fingerprint density at radius 3 is 2.76 bits per heavy atom. The Morgan fingerprint density at radius 1 is 1.08 bits per heavy atom. The van der Waals surface area contributed by atoms with Gasteiger partial charge in [0.25, 0.3) is 0 Å². The van der Waals surface area contributed by atoms with Crippen LogP contribution in [0.15, 0.2) is 65.1 Å². The molecule has 0 atom stereocenters. The van der Waals surface area contributed by atoms with Crippen LogP contribution in [-0.4, -0.2) is 17.7 Å². The van der Waals surface area contributed by atoms with Crippen LogP contribution in [0.3, 0.4) is 0 Å². The summed E-state index contributed by atoms with van der Waals surface area (Å²) in [5.74, 6) is 0.457. The van der Waals surface area contributed by atoms with Crippen molar-refractivity contribution < 1.29 is 13.9 Å². The Kier molecular flexibility index (Phi) is 3.82. The van der Waals surface area contributed by atoms with Crippen molar-refractivity contribution >= 4 is 33.7 Å². The zero-order chi connectivity index (χ0) is 17.2. The smallest absolute Gasteiger partial charge is 0.411 e. The summed E-state index contributed by atoms with van der Waals surface area (Å²) in [4.78, 5) is 16.3. The van der Waals surface area contributed by atoms with Crippen LogP contribution in [0.25, 0.3) is 33.3 Å². The molecule has 0 unspecified atom stereocenters. The van der Waals surface area contributed by atoms with Crippen LogP contribution in [0.2, 0.25) is 0 Å². The number of rotatable bonds is 3. The molecule has 0 aliphatic carbocycles. The van der Waals surface area contributed by atoms with Gasteiger partial charge >= 0.3 is 6.09 Å². The predicted octanol–water partition coefficient (Wildman–Crippen LogP) is 5.22. The monoisotopic (exact) mass is 332 g/mol. The summed E-state index contributed by atoms with van der Waals surface area (Å²) < 4.78 is 11.0. The van der Waals surface area contributed by atoms with Crippen LogP contribution in [-0.2, 0) is 4.74 Å².